The number of carbonyl (C=O) groups excluding carboxylic acids is 1. The van der Waals surface area contributed by atoms with Crippen LogP contribution in [0.2, 0.25) is 0 Å². The summed E-state index contributed by atoms with van der Waals surface area (Å²) in [6, 6.07) is 24.1. The molecule has 0 aromatic heterocycles. The molecule has 0 unspecified atom stereocenters. The summed E-state index contributed by atoms with van der Waals surface area (Å²) >= 11 is 3.53. The van der Waals surface area contributed by atoms with Gasteiger partial charge in [-0.15, -0.1) is 0 Å². The predicted molar refractivity (Wildman–Crippen MR) is 106 cm³/mol. The van der Waals surface area contributed by atoms with Crippen molar-refractivity contribution in [1.82, 2.24) is 4.90 Å². The van der Waals surface area contributed by atoms with Crippen LogP contribution in [0.5, 0.6) is 0 Å². The van der Waals surface area contributed by atoms with E-state index in [1.165, 1.54) is 0 Å². The molecule has 3 aromatic rings. The van der Waals surface area contributed by atoms with Gasteiger partial charge < -0.3 is 9.64 Å². The lowest BCUT2D eigenvalue weighted by atomic mass is 10.1. The van der Waals surface area contributed by atoms with Gasteiger partial charge in [0.25, 0.3) is 0 Å². The van der Waals surface area contributed by atoms with Crippen molar-refractivity contribution in [3.63, 3.8) is 0 Å². The summed E-state index contributed by atoms with van der Waals surface area (Å²) in [5.41, 5.74) is 5.38. The molecule has 0 spiro atoms. The van der Waals surface area contributed by atoms with E-state index in [0.717, 1.165) is 32.3 Å². The molecular weight excluding hydrogens is 390 g/mol. The van der Waals surface area contributed by atoms with Gasteiger partial charge in [-0.1, -0.05) is 82.7 Å². The predicted octanol–water partition coefficient (Wildman–Crippen LogP) is 5.79. The van der Waals surface area contributed by atoms with Crippen molar-refractivity contribution in [3.05, 3.63) is 94.0 Å². The van der Waals surface area contributed by atoms with Gasteiger partial charge in [0, 0.05) is 29.2 Å². The van der Waals surface area contributed by atoms with Crippen LogP contribution < -0.4 is 0 Å². The van der Waals surface area contributed by atoms with Gasteiger partial charge in [-0.25, -0.2) is 4.79 Å². The van der Waals surface area contributed by atoms with Gasteiger partial charge in [-0.3, -0.25) is 0 Å². The van der Waals surface area contributed by atoms with E-state index < -0.39 is 0 Å². The Kier molecular flexibility index (Phi) is 4.51. The highest BCUT2D eigenvalue weighted by molar-refractivity contribution is 9.10. The quantitative estimate of drug-likeness (QED) is 0.549. The minimum atomic E-state index is -0.364. The largest absolute Gasteiger partial charge is 0.436 e. The zero-order chi connectivity index (χ0) is 18.1. The van der Waals surface area contributed by atoms with E-state index in [2.05, 4.69) is 28.1 Å². The molecule has 130 valence electrons. The molecule has 1 aliphatic carbocycles. The number of amides is 1. The number of ether oxygens (including phenoxy) is 1. The summed E-state index contributed by atoms with van der Waals surface area (Å²) < 4.78 is 6.89. The van der Waals surface area contributed by atoms with Crippen LogP contribution in [0.4, 0.5) is 4.79 Å². The van der Waals surface area contributed by atoms with Gasteiger partial charge in [0.15, 0.2) is 6.10 Å². The highest BCUT2D eigenvalue weighted by Gasteiger charge is 2.31. The molecule has 0 heterocycles. The highest BCUT2D eigenvalue weighted by Crippen LogP contribution is 2.45. The molecule has 0 radical (unpaired) electrons. The molecule has 1 aliphatic rings. The highest BCUT2D eigenvalue weighted by atomic mass is 79.9. The SMILES string of the molecule is CN(Cc1ccccc1Br)C(=O)OC1c2ccccc2-c2ccccc21. The second-order valence-electron chi connectivity index (χ2n) is 6.39. The number of hydrogen-bond acceptors (Lipinski definition) is 2. The molecule has 0 saturated carbocycles. The van der Waals surface area contributed by atoms with E-state index >= 15 is 0 Å². The Labute approximate surface area is 161 Å². The second kappa shape index (κ2) is 6.96. The maximum absolute atomic E-state index is 12.7. The van der Waals surface area contributed by atoms with Crippen LogP contribution in [-0.2, 0) is 11.3 Å². The van der Waals surface area contributed by atoms with Crippen LogP contribution in [-0.4, -0.2) is 18.0 Å². The Morgan fingerprint density at radius 1 is 0.923 bits per heavy atom. The average molecular weight is 408 g/mol. The normalized spacial score (nSPS) is 12.4. The van der Waals surface area contributed by atoms with Crippen molar-refractivity contribution in [3.8, 4) is 11.1 Å². The number of carbonyl (C=O) groups is 1. The molecule has 4 rings (SSSR count). The van der Waals surface area contributed by atoms with E-state index in [4.69, 9.17) is 4.74 Å². The summed E-state index contributed by atoms with van der Waals surface area (Å²) in [7, 11) is 1.76. The van der Waals surface area contributed by atoms with Crippen LogP contribution in [0.15, 0.2) is 77.3 Å². The number of benzene rings is 3. The molecule has 1 amide bonds. The molecule has 0 atom stereocenters. The smallest absolute Gasteiger partial charge is 0.410 e. The third-order valence-electron chi connectivity index (χ3n) is 4.67. The molecule has 0 saturated heterocycles. The van der Waals surface area contributed by atoms with Gasteiger partial charge in [-0.05, 0) is 22.8 Å². The first kappa shape index (κ1) is 16.9. The fourth-order valence-electron chi connectivity index (χ4n) is 3.37. The van der Waals surface area contributed by atoms with Crippen molar-refractivity contribution in [2.24, 2.45) is 0 Å². The monoisotopic (exact) mass is 407 g/mol. The number of nitrogens with zero attached hydrogens (tertiary/aromatic N) is 1. The van der Waals surface area contributed by atoms with E-state index in [-0.39, 0.29) is 12.2 Å². The van der Waals surface area contributed by atoms with E-state index in [1.54, 1.807) is 11.9 Å². The first-order valence-electron chi connectivity index (χ1n) is 8.48. The Hall–Kier alpha value is -2.59. The summed E-state index contributed by atoms with van der Waals surface area (Å²) in [4.78, 5) is 14.3. The van der Waals surface area contributed by atoms with Gasteiger partial charge in [0.05, 0.1) is 0 Å². The van der Waals surface area contributed by atoms with E-state index in [9.17, 15) is 4.79 Å². The fraction of sp³-hybridized carbons (Fsp3) is 0.136. The van der Waals surface area contributed by atoms with Crippen LogP contribution in [0.3, 0.4) is 0 Å². The van der Waals surface area contributed by atoms with Gasteiger partial charge in [0.2, 0.25) is 0 Å². The molecule has 3 aromatic carbocycles. The lowest BCUT2D eigenvalue weighted by Gasteiger charge is -2.22. The molecule has 26 heavy (non-hydrogen) atoms. The maximum atomic E-state index is 12.7. The fourth-order valence-corrected chi connectivity index (χ4v) is 3.78. The lowest BCUT2D eigenvalue weighted by molar-refractivity contribution is 0.0843. The van der Waals surface area contributed by atoms with Crippen molar-refractivity contribution >= 4 is 22.0 Å². The minimum absolute atomic E-state index is 0.336. The van der Waals surface area contributed by atoms with Crippen molar-refractivity contribution in [1.29, 1.82) is 0 Å². The molecule has 0 fully saturated rings. The van der Waals surface area contributed by atoms with Gasteiger partial charge >= 0.3 is 6.09 Å². The summed E-state index contributed by atoms with van der Waals surface area (Å²) in [6.07, 6.45) is -0.700. The number of halogens is 1. The Morgan fingerprint density at radius 2 is 1.46 bits per heavy atom. The molecule has 0 aliphatic heterocycles. The molecule has 4 heteroatoms. The summed E-state index contributed by atoms with van der Waals surface area (Å²) in [5.74, 6) is 0. The van der Waals surface area contributed by atoms with Crippen LogP contribution in [0.1, 0.15) is 22.8 Å². The molecular formula is C22H18BrNO2. The topological polar surface area (TPSA) is 29.5 Å². The average Bonchev–Trinajstić information content (AvgIpc) is 2.98. The van der Waals surface area contributed by atoms with Crippen molar-refractivity contribution < 1.29 is 9.53 Å². The Bertz CT molecular complexity index is 924. The molecule has 0 N–H and O–H groups in total. The number of fused-ring (bicyclic) bond motifs is 3. The standard InChI is InChI=1S/C22H18BrNO2/c1-24(14-15-8-2-7-13-20(15)23)22(25)26-21-18-11-5-3-9-16(18)17-10-4-6-12-19(17)21/h2-13,21H,14H2,1H3. The van der Waals surface area contributed by atoms with Crippen LogP contribution in [0.25, 0.3) is 11.1 Å². The number of rotatable bonds is 3. The first-order chi connectivity index (χ1) is 12.6. The van der Waals surface area contributed by atoms with Crippen LogP contribution >= 0.6 is 15.9 Å². The van der Waals surface area contributed by atoms with Crippen molar-refractivity contribution in [2.45, 2.75) is 12.6 Å². The zero-order valence-electron chi connectivity index (χ0n) is 14.4. The summed E-state index contributed by atoms with van der Waals surface area (Å²) in [5, 5.41) is 0. The second-order valence-corrected chi connectivity index (χ2v) is 7.24. The lowest BCUT2D eigenvalue weighted by Crippen LogP contribution is -2.28. The number of hydrogen-bond donors (Lipinski definition) is 0. The van der Waals surface area contributed by atoms with Gasteiger partial charge in [-0.2, -0.15) is 0 Å². The van der Waals surface area contributed by atoms with E-state index in [1.807, 2.05) is 60.7 Å². The first-order valence-corrected chi connectivity index (χ1v) is 9.28. The van der Waals surface area contributed by atoms with Crippen molar-refractivity contribution in [2.75, 3.05) is 7.05 Å². The van der Waals surface area contributed by atoms with Gasteiger partial charge in [0.1, 0.15) is 0 Å². The van der Waals surface area contributed by atoms with Crippen LogP contribution in [0, 0.1) is 0 Å². The maximum Gasteiger partial charge on any atom is 0.410 e. The third-order valence-corrected chi connectivity index (χ3v) is 5.45. The zero-order valence-corrected chi connectivity index (χ0v) is 15.9. The minimum Gasteiger partial charge on any atom is -0.436 e. The summed E-state index contributed by atoms with van der Waals surface area (Å²) in [6.45, 7) is 0.482. The Balaban J connectivity index is 1.57. The molecule has 3 nitrogen and oxygen atoms in total. The Morgan fingerprint density at radius 3 is 2.08 bits per heavy atom. The third kappa shape index (κ3) is 3.01. The molecule has 0 bridgehead atoms. The van der Waals surface area contributed by atoms with E-state index in [0.29, 0.717) is 6.54 Å².